The average Bonchev–Trinajstić information content (AvgIpc) is 2.11. The molecule has 0 saturated heterocycles. The minimum atomic E-state index is -0.738. The van der Waals surface area contributed by atoms with Gasteiger partial charge in [0, 0.05) is 6.04 Å². The number of nitrogens with two attached hydrogens (primary N) is 1. The van der Waals surface area contributed by atoms with Gasteiger partial charge in [0.1, 0.15) is 0 Å². The van der Waals surface area contributed by atoms with E-state index in [0.29, 0.717) is 0 Å². The largest absolute Gasteiger partial charge is 0.481 e. The van der Waals surface area contributed by atoms with Crippen LogP contribution >= 0.6 is 0 Å². The van der Waals surface area contributed by atoms with Gasteiger partial charge in [0.15, 0.2) is 0 Å². The van der Waals surface area contributed by atoms with Crippen LogP contribution in [0.2, 0.25) is 0 Å². The fourth-order valence-corrected chi connectivity index (χ4v) is 1.66. The SMILES string of the molecule is C[C@@H]1CC[C@@H](N)[C@@H]1C(=O)O. The molecule has 0 unspecified atom stereocenters. The van der Waals surface area contributed by atoms with Crippen molar-refractivity contribution in [1.29, 1.82) is 0 Å². The summed E-state index contributed by atoms with van der Waals surface area (Å²) in [5.74, 6) is -0.787. The Bertz CT molecular complexity index is 137. The Kier molecular flexibility index (Phi) is 1.94. The molecule has 3 N–H and O–H groups in total. The van der Waals surface area contributed by atoms with Crippen molar-refractivity contribution in [3.63, 3.8) is 0 Å². The van der Waals surface area contributed by atoms with Gasteiger partial charge in [-0.1, -0.05) is 6.92 Å². The Hall–Kier alpha value is -0.570. The molecule has 58 valence electrons. The maximum atomic E-state index is 10.5. The molecule has 0 aromatic carbocycles. The Morgan fingerprint density at radius 3 is 2.40 bits per heavy atom. The first kappa shape index (κ1) is 7.54. The van der Waals surface area contributed by atoms with Crippen LogP contribution in [-0.4, -0.2) is 17.1 Å². The molecule has 0 aliphatic heterocycles. The second-order valence-corrected chi connectivity index (χ2v) is 3.08. The number of rotatable bonds is 1. The standard InChI is InChI=1S/C7H13NO2/c1-4-2-3-5(8)6(4)7(9)10/h4-6H,2-3,8H2,1H3,(H,9,10)/t4-,5-,6-/m1/s1. The summed E-state index contributed by atoms with van der Waals surface area (Å²) in [6.07, 6.45) is 1.82. The van der Waals surface area contributed by atoms with E-state index >= 15 is 0 Å². The third-order valence-corrected chi connectivity index (χ3v) is 2.31. The Labute approximate surface area is 60.2 Å². The lowest BCUT2D eigenvalue weighted by Crippen LogP contribution is -2.33. The number of hydrogen-bond acceptors (Lipinski definition) is 2. The first-order valence-electron chi connectivity index (χ1n) is 3.61. The van der Waals surface area contributed by atoms with Crippen molar-refractivity contribution >= 4 is 5.97 Å². The van der Waals surface area contributed by atoms with Crippen LogP contribution in [0.25, 0.3) is 0 Å². The molecular weight excluding hydrogens is 130 g/mol. The van der Waals surface area contributed by atoms with Crippen LogP contribution in [0.1, 0.15) is 19.8 Å². The summed E-state index contributed by atoms with van der Waals surface area (Å²) in [6.45, 7) is 1.95. The number of aliphatic carboxylic acids is 1. The lowest BCUT2D eigenvalue weighted by molar-refractivity contribution is -0.143. The molecule has 0 radical (unpaired) electrons. The van der Waals surface area contributed by atoms with Crippen LogP contribution in [0.4, 0.5) is 0 Å². The van der Waals surface area contributed by atoms with E-state index in [9.17, 15) is 4.79 Å². The lowest BCUT2D eigenvalue weighted by Gasteiger charge is -2.13. The maximum Gasteiger partial charge on any atom is 0.308 e. The fourth-order valence-electron chi connectivity index (χ4n) is 1.66. The van der Waals surface area contributed by atoms with Crippen LogP contribution in [0.15, 0.2) is 0 Å². The highest BCUT2D eigenvalue weighted by molar-refractivity contribution is 5.71. The van der Waals surface area contributed by atoms with E-state index < -0.39 is 5.97 Å². The summed E-state index contributed by atoms with van der Waals surface area (Å²) in [5, 5.41) is 8.67. The predicted molar refractivity (Wildman–Crippen MR) is 37.5 cm³/mol. The maximum absolute atomic E-state index is 10.5. The fraction of sp³-hybridized carbons (Fsp3) is 0.857. The van der Waals surface area contributed by atoms with Gasteiger partial charge in [0.25, 0.3) is 0 Å². The summed E-state index contributed by atoms with van der Waals surface area (Å²) in [4.78, 5) is 10.5. The van der Waals surface area contributed by atoms with E-state index in [1.54, 1.807) is 0 Å². The summed E-state index contributed by atoms with van der Waals surface area (Å²) in [7, 11) is 0. The number of hydrogen-bond donors (Lipinski definition) is 2. The predicted octanol–water partition coefficient (Wildman–Crippen LogP) is 0.444. The highest BCUT2D eigenvalue weighted by atomic mass is 16.4. The van der Waals surface area contributed by atoms with Crippen molar-refractivity contribution in [2.24, 2.45) is 17.6 Å². The van der Waals surface area contributed by atoms with Crippen LogP contribution in [0, 0.1) is 11.8 Å². The number of carboxylic acid groups (broad SMARTS) is 1. The molecule has 3 nitrogen and oxygen atoms in total. The van der Waals surface area contributed by atoms with Crippen LogP contribution < -0.4 is 5.73 Å². The molecule has 0 bridgehead atoms. The average molecular weight is 143 g/mol. The Morgan fingerprint density at radius 1 is 1.60 bits per heavy atom. The zero-order chi connectivity index (χ0) is 7.72. The molecule has 1 rings (SSSR count). The van der Waals surface area contributed by atoms with Crippen molar-refractivity contribution < 1.29 is 9.90 Å². The van der Waals surface area contributed by atoms with Crippen molar-refractivity contribution in [3.05, 3.63) is 0 Å². The molecule has 3 heteroatoms. The summed E-state index contributed by atoms with van der Waals surface area (Å²) in [5.41, 5.74) is 5.59. The summed E-state index contributed by atoms with van der Waals surface area (Å²) >= 11 is 0. The Morgan fingerprint density at radius 2 is 2.20 bits per heavy atom. The minimum Gasteiger partial charge on any atom is -0.481 e. The molecule has 0 spiro atoms. The van der Waals surface area contributed by atoms with E-state index in [-0.39, 0.29) is 17.9 Å². The second-order valence-electron chi connectivity index (χ2n) is 3.08. The number of carbonyl (C=O) groups is 1. The van der Waals surface area contributed by atoms with Crippen LogP contribution in [0.5, 0.6) is 0 Å². The number of carboxylic acids is 1. The first-order valence-corrected chi connectivity index (χ1v) is 3.61. The van der Waals surface area contributed by atoms with Gasteiger partial charge in [0.05, 0.1) is 5.92 Å². The monoisotopic (exact) mass is 143 g/mol. The van der Waals surface area contributed by atoms with Gasteiger partial charge in [-0.3, -0.25) is 4.79 Å². The molecule has 1 aliphatic rings. The highest BCUT2D eigenvalue weighted by Crippen LogP contribution is 2.30. The third kappa shape index (κ3) is 1.14. The van der Waals surface area contributed by atoms with Gasteiger partial charge < -0.3 is 10.8 Å². The van der Waals surface area contributed by atoms with E-state index in [0.717, 1.165) is 12.8 Å². The topological polar surface area (TPSA) is 63.3 Å². The van der Waals surface area contributed by atoms with Crippen LogP contribution in [0.3, 0.4) is 0 Å². The normalized spacial score (nSPS) is 40.0. The van der Waals surface area contributed by atoms with Gasteiger partial charge in [0.2, 0.25) is 0 Å². The Balaban J connectivity index is 2.63. The first-order chi connectivity index (χ1) is 4.63. The lowest BCUT2D eigenvalue weighted by atomic mass is 9.96. The third-order valence-electron chi connectivity index (χ3n) is 2.31. The van der Waals surface area contributed by atoms with Gasteiger partial charge in [-0.05, 0) is 18.8 Å². The molecule has 0 heterocycles. The van der Waals surface area contributed by atoms with Gasteiger partial charge >= 0.3 is 5.97 Å². The molecular formula is C7H13NO2. The zero-order valence-corrected chi connectivity index (χ0v) is 6.08. The molecule has 3 atom stereocenters. The quantitative estimate of drug-likeness (QED) is 0.560. The molecule has 0 aromatic rings. The molecule has 0 amide bonds. The molecule has 1 aliphatic carbocycles. The van der Waals surface area contributed by atoms with Gasteiger partial charge in [-0.25, -0.2) is 0 Å². The van der Waals surface area contributed by atoms with Gasteiger partial charge in [-0.2, -0.15) is 0 Å². The second kappa shape index (κ2) is 2.58. The van der Waals surface area contributed by atoms with Crippen LogP contribution in [-0.2, 0) is 4.79 Å². The van der Waals surface area contributed by atoms with E-state index in [4.69, 9.17) is 10.8 Å². The molecule has 0 aromatic heterocycles. The van der Waals surface area contributed by atoms with Gasteiger partial charge in [-0.15, -0.1) is 0 Å². The molecule has 1 saturated carbocycles. The van der Waals surface area contributed by atoms with E-state index in [1.165, 1.54) is 0 Å². The van der Waals surface area contributed by atoms with E-state index in [2.05, 4.69) is 0 Å². The smallest absolute Gasteiger partial charge is 0.308 e. The van der Waals surface area contributed by atoms with E-state index in [1.807, 2.05) is 6.92 Å². The zero-order valence-electron chi connectivity index (χ0n) is 6.08. The summed E-state index contributed by atoms with van der Waals surface area (Å²) < 4.78 is 0. The van der Waals surface area contributed by atoms with Crippen molar-refractivity contribution in [2.75, 3.05) is 0 Å². The van der Waals surface area contributed by atoms with Crippen molar-refractivity contribution in [2.45, 2.75) is 25.8 Å². The molecule has 1 fully saturated rings. The van der Waals surface area contributed by atoms with Crippen molar-refractivity contribution in [1.82, 2.24) is 0 Å². The molecule has 10 heavy (non-hydrogen) atoms. The van der Waals surface area contributed by atoms with Crippen molar-refractivity contribution in [3.8, 4) is 0 Å². The summed E-state index contributed by atoms with van der Waals surface area (Å²) in [6, 6.07) is -0.118. The minimum absolute atomic E-state index is 0.118. The highest BCUT2D eigenvalue weighted by Gasteiger charge is 2.35.